The second-order valence-corrected chi connectivity index (χ2v) is 6.38. The zero-order chi connectivity index (χ0) is 20.3. The summed E-state index contributed by atoms with van der Waals surface area (Å²) in [7, 11) is 1.28. The summed E-state index contributed by atoms with van der Waals surface area (Å²) in [6.45, 7) is 0.268. The van der Waals surface area contributed by atoms with Crippen molar-refractivity contribution in [2.24, 2.45) is 0 Å². The summed E-state index contributed by atoms with van der Waals surface area (Å²) in [6.07, 6.45) is -2.85. The second-order valence-electron chi connectivity index (χ2n) is 6.38. The van der Waals surface area contributed by atoms with E-state index in [1.165, 1.54) is 25.4 Å². The van der Waals surface area contributed by atoms with Gasteiger partial charge in [0.1, 0.15) is 17.7 Å². The Balaban J connectivity index is 1.68. The number of hydrogen-bond donors (Lipinski definition) is 1. The lowest BCUT2D eigenvalue weighted by Gasteiger charge is -2.23. The predicted octanol–water partition coefficient (Wildman–Crippen LogP) is 2.91. The Bertz CT molecular complexity index is 809. The molecule has 1 aliphatic rings. The smallest absolute Gasteiger partial charge is 0.416 e. The SMILES string of the molecule is COC(=O)c1ccc(N2C[C@H](Oc3ccc(C(F)(F)F)cc3)C[C@H]2CO)nc1. The monoisotopic (exact) mass is 396 g/mol. The number of aliphatic hydroxyl groups is 1. The first-order chi connectivity index (χ1) is 13.3. The number of esters is 1. The van der Waals surface area contributed by atoms with Gasteiger partial charge in [0.15, 0.2) is 0 Å². The lowest BCUT2D eigenvalue weighted by Crippen LogP contribution is -2.33. The molecule has 1 aromatic heterocycles. The van der Waals surface area contributed by atoms with Gasteiger partial charge in [0, 0.05) is 12.6 Å². The number of hydrogen-bond acceptors (Lipinski definition) is 6. The molecule has 0 unspecified atom stereocenters. The van der Waals surface area contributed by atoms with Crippen molar-refractivity contribution < 1.29 is 32.5 Å². The third kappa shape index (κ3) is 4.36. The first kappa shape index (κ1) is 19.9. The number of nitrogens with zero attached hydrogens (tertiary/aromatic N) is 2. The van der Waals surface area contributed by atoms with Gasteiger partial charge in [-0.25, -0.2) is 9.78 Å². The molecule has 3 rings (SSSR count). The van der Waals surface area contributed by atoms with Crippen LogP contribution in [0.2, 0.25) is 0 Å². The molecule has 2 heterocycles. The van der Waals surface area contributed by atoms with E-state index in [0.29, 0.717) is 30.1 Å². The summed E-state index contributed by atoms with van der Waals surface area (Å²) in [6, 6.07) is 7.47. The molecule has 1 N–H and O–H groups in total. The summed E-state index contributed by atoms with van der Waals surface area (Å²) < 4.78 is 48.4. The third-order valence-corrected chi connectivity index (χ3v) is 4.53. The van der Waals surface area contributed by atoms with Crippen molar-refractivity contribution in [1.29, 1.82) is 0 Å². The molecule has 0 amide bonds. The van der Waals surface area contributed by atoms with Crippen molar-refractivity contribution in [1.82, 2.24) is 4.98 Å². The fourth-order valence-electron chi connectivity index (χ4n) is 3.12. The zero-order valence-electron chi connectivity index (χ0n) is 15.0. The number of anilines is 1. The molecule has 6 nitrogen and oxygen atoms in total. The number of alkyl halides is 3. The number of carbonyl (C=O) groups excluding carboxylic acids is 1. The van der Waals surface area contributed by atoms with E-state index >= 15 is 0 Å². The molecule has 0 saturated carbocycles. The largest absolute Gasteiger partial charge is 0.489 e. The van der Waals surface area contributed by atoms with Crippen LogP contribution in [0.1, 0.15) is 22.3 Å². The van der Waals surface area contributed by atoms with Gasteiger partial charge in [0.25, 0.3) is 0 Å². The van der Waals surface area contributed by atoms with Crippen molar-refractivity contribution in [2.75, 3.05) is 25.2 Å². The lowest BCUT2D eigenvalue weighted by molar-refractivity contribution is -0.137. The average Bonchev–Trinajstić information content (AvgIpc) is 3.10. The van der Waals surface area contributed by atoms with Gasteiger partial charge < -0.3 is 19.5 Å². The van der Waals surface area contributed by atoms with E-state index in [4.69, 9.17) is 4.74 Å². The van der Waals surface area contributed by atoms with Crippen molar-refractivity contribution in [3.63, 3.8) is 0 Å². The van der Waals surface area contributed by atoms with Crippen molar-refractivity contribution in [2.45, 2.75) is 24.7 Å². The highest BCUT2D eigenvalue weighted by atomic mass is 19.4. The second kappa shape index (κ2) is 8.05. The molecule has 2 atom stereocenters. The Kier molecular flexibility index (Phi) is 5.73. The quantitative estimate of drug-likeness (QED) is 0.784. The van der Waals surface area contributed by atoms with E-state index in [1.807, 2.05) is 4.90 Å². The van der Waals surface area contributed by atoms with Crippen molar-refractivity contribution in [3.05, 3.63) is 53.7 Å². The molecule has 150 valence electrons. The number of pyridine rings is 1. The normalized spacial score (nSPS) is 19.5. The number of benzene rings is 1. The first-order valence-electron chi connectivity index (χ1n) is 8.57. The fraction of sp³-hybridized carbons (Fsp3) is 0.368. The van der Waals surface area contributed by atoms with E-state index in [1.54, 1.807) is 12.1 Å². The number of ether oxygens (including phenoxy) is 2. The maximum Gasteiger partial charge on any atom is 0.416 e. The van der Waals surface area contributed by atoms with Gasteiger partial charge in [-0.3, -0.25) is 0 Å². The van der Waals surface area contributed by atoms with Gasteiger partial charge in [-0.15, -0.1) is 0 Å². The topological polar surface area (TPSA) is 71.9 Å². The van der Waals surface area contributed by atoms with E-state index in [9.17, 15) is 23.1 Å². The number of aliphatic hydroxyl groups excluding tert-OH is 1. The van der Waals surface area contributed by atoms with Gasteiger partial charge >= 0.3 is 12.1 Å². The summed E-state index contributed by atoms with van der Waals surface area (Å²) in [5.74, 6) is 0.387. The molecule has 1 fully saturated rings. The highest BCUT2D eigenvalue weighted by Gasteiger charge is 2.34. The molecule has 9 heteroatoms. The van der Waals surface area contributed by atoms with Gasteiger partial charge in [-0.1, -0.05) is 0 Å². The number of halogens is 3. The molecule has 28 heavy (non-hydrogen) atoms. The van der Waals surface area contributed by atoms with Gasteiger partial charge in [0.2, 0.25) is 0 Å². The maximum absolute atomic E-state index is 12.7. The van der Waals surface area contributed by atoms with E-state index in [0.717, 1.165) is 12.1 Å². The predicted molar refractivity (Wildman–Crippen MR) is 94.3 cm³/mol. The molecular formula is C19H19F3N2O4. The Labute approximate surface area is 159 Å². The minimum Gasteiger partial charge on any atom is -0.489 e. The van der Waals surface area contributed by atoms with E-state index in [-0.39, 0.29) is 18.8 Å². The first-order valence-corrected chi connectivity index (χ1v) is 8.57. The fourth-order valence-corrected chi connectivity index (χ4v) is 3.12. The van der Waals surface area contributed by atoms with Crippen LogP contribution in [0.25, 0.3) is 0 Å². The van der Waals surface area contributed by atoms with Crippen LogP contribution in [0.15, 0.2) is 42.6 Å². The molecule has 1 aromatic carbocycles. The van der Waals surface area contributed by atoms with Crippen LogP contribution in [-0.4, -0.2) is 48.5 Å². The molecule has 1 aliphatic heterocycles. The van der Waals surface area contributed by atoms with Crippen molar-refractivity contribution in [3.8, 4) is 5.75 Å². The van der Waals surface area contributed by atoms with Gasteiger partial charge in [0.05, 0.1) is 37.4 Å². The van der Waals surface area contributed by atoms with Gasteiger partial charge in [-0.05, 0) is 36.4 Å². The number of carbonyl (C=O) groups is 1. The highest BCUT2D eigenvalue weighted by Crippen LogP contribution is 2.32. The van der Waals surface area contributed by atoms with Gasteiger partial charge in [-0.2, -0.15) is 13.2 Å². The molecule has 0 spiro atoms. The Morgan fingerprint density at radius 2 is 1.96 bits per heavy atom. The van der Waals surface area contributed by atoms with Crippen LogP contribution in [-0.2, 0) is 10.9 Å². The van der Waals surface area contributed by atoms with Crippen LogP contribution in [0.3, 0.4) is 0 Å². The minimum absolute atomic E-state index is 0.132. The summed E-state index contributed by atoms with van der Waals surface area (Å²) in [5.41, 5.74) is -0.431. The van der Waals surface area contributed by atoms with Crippen LogP contribution >= 0.6 is 0 Å². The zero-order valence-corrected chi connectivity index (χ0v) is 15.0. The number of methoxy groups -OCH3 is 1. The van der Waals surface area contributed by atoms with Crippen LogP contribution in [0.4, 0.5) is 19.0 Å². The molecule has 0 aliphatic carbocycles. The molecule has 0 bridgehead atoms. The Morgan fingerprint density at radius 3 is 2.50 bits per heavy atom. The molecular weight excluding hydrogens is 377 g/mol. The third-order valence-electron chi connectivity index (χ3n) is 4.53. The highest BCUT2D eigenvalue weighted by molar-refractivity contribution is 5.89. The van der Waals surface area contributed by atoms with Crippen LogP contribution in [0.5, 0.6) is 5.75 Å². The summed E-state index contributed by atoms with van der Waals surface area (Å²) >= 11 is 0. The Morgan fingerprint density at radius 1 is 1.25 bits per heavy atom. The Hall–Kier alpha value is -2.81. The number of rotatable bonds is 5. The number of aromatic nitrogens is 1. The average molecular weight is 396 g/mol. The summed E-state index contributed by atoms with van der Waals surface area (Å²) in [4.78, 5) is 17.6. The summed E-state index contributed by atoms with van der Waals surface area (Å²) in [5, 5.41) is 9.66. The molecule has 0 radical (unpaired) electrons. The molecule has 1 saturated heterocycles. The van der Waals surface area contributed by atoms with Crippen LogP contribution < -0.4 is 9.64 Å². The minimum atomic E-state index is -4.40. The maximum atomic E-state index is 12.7. The lowest BCUT2D eigenvalue weighted by atomic mass is 10.2. The van der Waals surface area contributed by atoms with Crippen molar-refractivity contribution >= 4 is 11.8 Å². The van der Waals surface area contributed by atoms with E-state index < -0.39 is 17.7 Å². The standard InChI is InChI=1S/C19H19F3N2O4/c1-27-18(26)12-2-7-17(23-9-12)24-10-16(8-14(24)11-25)28-15-5-3-13(4-6-15)19(20,21)22/h2-7,9,14,16,25H,8,10-11H2,1H3/t14-,16+/m0/s1. The van der Waals surface area contributed by atoms with E-state index in [2.05, 4.69) is 9.72 Å². The molecule has 2 aromatic rings. The van der Waals surface area contributed by atoms with Crippen LogP contribution in [0, 0.1) is 0 Å².